The first kappa shape index (κ1) is 25.6. The van der Waals surface area contributed by atoms with E-state index in [1.54, 1.807) is 0 Å². The summed E-state index contributed by atoms with van der Waals surface area (Å²) in [4.78, 5) is 16.2. The highest BCUT2D eigenvalue weighted by atomic mass is 35.5. The van der Waals surface area contributed by atoms with Gasteiger partial charge in [0.1, 0.15) is 17.8 Å². The predicted molar refractivity (Wildman–Crippen MR) is 143 cm³/mol. The first-order valence-corrected chi connectivity index (χ1v) is 13.8. The summed E-state index contributed by atoms with van der Waals surface area (Å²) >= 11 is 6.17. The van der Waals surface area contributed by atoms with Crippen molar-refractivity contribution in [2.24, 2.45) is 11.3 Å². The number of carbonyl (C=O) groups excluding carboxylic acids is 1. The van der Waals surface area contributed by atoms with Crippen molar-refractivity contribution in [1.82, 2.24) is 4.90 Å². The first-order valence-electron chi connectivity index (χ1n) is 13.4. The number of nitrogens with zero attached hydrogens (tertiary/aromatic N) is 2. The van der Waals surface area contributed by atoms with E-state index >= 15 is 0 Å². The third-order valence-electron chi connectivity index (χ3n) is 8.76. The second-order valence-electron chi connectivity index (χ2n) is 12.1. The van der Waals surface area contributed by atoms with Crippen LogP contribution in [-0.2, 0) is 15.1 Å². The number of ether oxygens (including phenoxy) is 2. The van der Waals surface area contributed by atoms with Crippen LogP contribution in [0.2, 0.25) is 5.02 Å². The van der Waals surface area contributed by atoms with E-state index in [-0.39, 0.29) is 17.5 Å². The Morgan fingerprint density at radius 3 is 2.39 bits per heavy atom. The molecule has 0 aliphatic carbocycles. The van der Waals surface area contributed by atoms with E-state index in [9.17, 15) is 4.79 Å². The lowest BCUT2D eigenvalue weighted by Gasteiger charge is -2.55. The Bertz CT molecular complexity index is 1040. The fraction of sp³-hybridized carbons (Fsp3) is 0.567. The average Bonchev–Trinajstić information content (AvgIpc) is 2.86. The summed E-state index contributed by atoms with van der Waals surface area (Å²) in [5.74, 6) is 1.28. The maximum absolute atomic E-state index is 13.9. The van der Waals surface area contributed by atoms with Gasteiger partial charge < -0.3 is 14.0 Å². The van der Waals surface area contributed by atoms with Gasteiger partial charge in [0, 0.05) is 43.3 Å². The van der Waals surface area contributed by atoms with Crippen LogP contribution in [0.1, 0.15) is 45.6 Å². The van der Waals surface area contributed by atoms with Crippen molar-refractivity contribution in [2.45, 2.75) is 51.7 Å². The number of fused-ring (bicyclic) bond motifs is 3. The number of benzene rings is 2. The van der Waals surface area contributed by atoms with Gasteiger partial charge in [-0.05, 0) is 42.2 Å². The molecule has 0 N–H and O–H groups in total. The van der Waals surface area contributed by atoms with Gasteiger partial charge in [-0.2, -0.15) is 0 Å². The zero-order chi connectivity index (χ0) is 25.4. The number of rotatable bonds is 9. The SMILES string of the molecule is CC1(C)CN(C(C)(C(=O)O[C@H]2C[N+]3(CCCOc4ccccc4)CCC2CC3)c2ccc(Cl)cc2)C1. The summed E-state index contributed by atoms with van der Waals surface area (Å²) in [5, 5.41) is 0.679. The van der Waals surface area contributed by atoms with Crippen molar-refractivity contribution >= 4 is 17.6 Å². The smallest absolute Gasteiger partial charge is 0.331 e. The summed E-state index contributed by atoms with van der Waals surface area (Å²) in [5.41, 5.74) is 0.358. The van der Waals surface area contributed by atoms with Crippen LogP contribution in [0.5, 0.6) is 5.75 Å². The van der Waals surface area contributed by atoms with Crippen molar-refractivity contribution in [2.75, 3.05) is 45.9 Å². The second-order valence-corrected chi connectivity index (χ2v) is 12.5. The van der Waals surface area contributed by atoms with Crippen molar-refractivity contribution in [3.8, 4) is 5.75 Å². The number of piperidine rings is 3. The van der Waals surface area contributed by atoms with Crippen LogP contribution in [0.25, 0.3) is 0 Å². The zero-order valence-corrected chi connectivity index (χ0v) is 22.7. The average molecular weight is 512 g/mol. The Kier molecular flexibility index (Phi) is 7.10. The van der Waals surface area contributed by atoms with Gasteiger partial charge >= 0.3 is 5.97 Å². The molecule has 4 aliphatic heterocycles. The maximum Gasteiger partial charge on any atom is 0.331 e. The molecule has 1 unspecified atom stereocenters. The Morgan fingerprint density at radius 2 is 1.75 bits per heavy atom. The molecule has 36 heavy (non-hydrogen) atoms. The molecule has 6 heteroatoms. The van der Waals surface area contributed by atoms with E-state index in [1.165, 1.54) is 13.1 Å². The topological polar surface area (TPSA) is 38.8 Å². The van der Waals surface area contributed by atoms with E-state index in [1.807, 2.05) is 61.5 Å². The molecular formula is C30H40ClN2O3+. The standard InChI is InChI=1S/C30H40ClN2O3/c1-29(2)21-32(22-29)30(3,24-10-12-25(31)13-11-24)28(34)36-27-20-33(17-14-23(27)15-18-33)16-7-19-35-26-8-5-4-6-9-26/h4-6,8-13,23,27H,7,14-22H2,1-3H3/q+1/t23?,27-,30?,33?/m0/s1. The first-order chi connectivity index (χ1) is 17.2. The van der Waals surface area contributed by atoms with E-state index in [0.29, 0.717) is 10.9 Å². The lowest BCUT2D eigenvalue weighted by molar-refractivity contribution is -0.946. The summed E-state index contributed by atoms with van der Waals surface area (Å²) in [6.07, 6.45) is 3.25. The van der Waals surface area contributed by atoms with Crippen LogP contribution in [0.4, 0.5) is 0 Å². The molecule has 0 radical (unpaired) electrons. The van der Waals surface area contributed by atoms with E-state index in [4.69, 9.17) is 21.1 Å². The van der Waals surface area contributed by atoms with Gasteiger partial charge in [0.2, 0.25) is 0 Å². The zero-order valence-electron chi connectivity index (χ0n) is 21.9. The highest BCUT2D eigenvalue weighted by Crippen LogP contribution is 2.43. The van der Waals surface area contributed by atoms with Gasteiger partial charge in [0.25, 0.3) is 0 Å². The summed E-state index contributed by atoms with van der Waals surface area (Å²) in [7, 11) is 0. The number of halogens is 1. The monoisotopic (exact) mass is 511 g/mol. The minimum Gasteiger partial charge on any atom is -0.493 e. The molecule has 4 heterocycles. The number of quaternary nitrogens is 1. The molecule has 4 fully saturated rings. The summed E-state index contributed by atoms with van der Waals surface area (Å²) in [6, 6.07) is 17.7. The largest absolute Gasteiger partial charge is 0.493 e. The van der Waals surface area contributed by atoms with Crippen molar-refractivity contribution in [1.29, 1.82) is 0 Å². The molecule has 2 atom stereocenters. The van der Waals surface area contributed by atoms with Crippen molar-refractivity contribution in [3.63, 3.8) is 0 Å². The van der Waals surface area contributed by atoms with Gasteiger partial charge in [0.15, 0.2) is 6.10 Å². The number of likely N-dealkylation sites (tertiary alicyclic amines) is 1. The summed E-state index contributed by atoms with van der Waals surface area (Å²) < 4.78 is 13.4. The van der Waals surface area contributed by atoms with Gasteiger partial charge in [-0.1, -0.05) is 55.8 Å². The maximum atomic E-state index is 13.9. The molecular weight excluding hydrogens is 472 g/mol. The number of hydrogen-bond donors (Lipinski definition) is 0. The Hall–Kier alpha value is -2.08. The van der Waals surface area contributed by atoms with Crippen LogP contribution < -0.4 is 4.74 Å². The van der Waals surface area contributed by atoms with E-state index < -0.39 is 5.54 Å². The van der Waals surface area contributed by atoms with Gasteiger partial charge in [-0.15, -0.1) is 0 Å². The molecule has 0 saturated carbocycles. The van der Waals surface area contributed by atoms with Gasteiger partial charge in [-0.3, -0.25) is 4.90 Å². The van der Waals surface area contributed by atoms with Crippen molar-refractivity contribution in [3.05, 3.63) is 65.2 Å². The highest BCUT2D eigenvalue weighted by molar-refractivity contribution is 6.30. The van der Waals surface area contributed by atoms with Crippen LogP contribution in [-0.4, -0.2) is 67.3 Å². The van der Waals surface area contributed by atoms with Crippen LogP contribution >= 0.6 is 11.6 Å². The molecule has 0 spiro atoms. The van der Waals surface area contributed by atoms with Crippen LogP contribution in [0, 0.1) is 11.3 Å². The fourth-order valence-electron chi connectivity index (χ4n) is 6.54. The molecule has 2 aromatic rings. The normalized spacial score (nSPS) is 28.7. The molecule has 0 aromatic heterocycles. The molecule has 5 nitrogen and oxygen atoms in total. The molecule has 6 rings (SSSR count). The van der Waals surface area contributed by atoms with E-state index in [2.05, 4.69) is 18.7 Å². The fourth-order valence-corrected chi connectivity index (χ4v) is 6.66. The number of carbonyl (C=O) groups is 1. The Morgan fingerprint density at radius 1 is 1.08 bits per heavy atom. The molecule has 2 bridgehead atoms. The van der Waals surface area contributed by atoms with Crippen LogP contribution in [0.3, 0.4) is 0 Å². The quantitative estimate of drug-likeness (QED) is 0.252. The predicted octanol–water partition coefficient (Wildman–Crippen LogP) is 5.52. The minimum absolute atomic E-state index is 0.0176. The highest BCUT2D eigenvalue weighted by Gasteiger charge is 2.53. The lowest BCUT2D eigenvalue weighted by atomic mass is 9.77. The van der Waals surface area contributed by atoms with Gasteiger partial charge in [0.05, 0.1) is 26.2 Å². The number of esters is 1. The third-order valence-corrected chi connectivity index (χ3v) is 9.01. The second kappa shape index (κ2) is 10.00. The van der Waals surface area contributed by atoms with E-state index in [0.717, 1.165) is 67.8 Å². The molecule has 4 saturated heterocycles. The number of hydrogen-bond acceptors (Lipinski definition) is 4. The third kappa shape index (κ3) is 5.16. The van der Waals surface area contributed by atoms with Crippen LogP contribution in [0.15, 0.2) is 54.6 Å². The Labute approximate surface area is 220 Å². The number of para-hydroxylation sites is 1. The molecule has 2 aromatic carbocycles. The molecule has 4 aliphatic rings. The van der Waals surface area contributed by atoms with Crippen molar-refractivity contribution < 1.29 is 18.8 Å². The summed E-state index contributed by atoms with van der Waals surface area (Å²) in [6.45, 7) is 13.3. The minimum atomic E-state index is -0.805. The Balaban J connectivity index is 1.25. The molecule has 0 amide bonds. The van der Waals surface area contributed by atoms with Gasteiger partial charge in [-0.25, -0.2) is 4.79 Å². The lowest BCUT2D eigenvalue weighted by Crippen LogP contribution is -2.67. The molecule has 194 valence electrons.